The molecule has 0 saturated heterocycles. The largest absolute Gasteiger partial charge is 0.384 e. The van der Waals surface area contributed by atoms with Crippen molar-refractivity contribution in [2.75, 3.05) is 23.0 Å². The molecule has 9 nitrogen and oxygen atoms in total. The number of carbonyl (C=O) groups excluding carboxylic acids is 2. The van der Waals surface area contributed by atoms with Crippen LogP contribution in [0.2, 0.25) is 0 Å². The molecule has 3 heterocycles. The molecule has 31 heavy (non-hydrogen) atoms. The van der Waals surface area contributed by atoms with Crippen LogP contribution < -0.4 is 26.8 Å². The minimum Gasteiger partial charge on any atom is -0.384 e. The fourth-order valence-electron chi connectivity index (χ4n) is 4.02. The Kier molecular flexibility index (Phi) is 5.43. The average molecular weight is 425 g/mol. The first kappa shape index (κ1) is 20.9. The van der Waals surface area contributed by atoms with Crippen molar-refractivity contribution in [1.82, 2.24) is 14.9 Å². The summed E-state index contributed by atoms with van der Waals surface area (Å²) < 4.78 is 1.39. The van der Waals surface area contributed by atoms with Crippen molar-refractivity contribution < 1.29 is 9.59 Å². The first-order chi connectivity index (χ1) is 14.7. The molecule has 4 rings (SSSR count). The zero-order valence-electron chi connectivity index (χ0n) is 18.1. The Labute approximate surface area is 180 Å². The van der Waals surface area contributed by atoms with Gasteiger partial charge in [0.05, 0.1) is 5.69 Å². The topological polar surface area (TPSA) is 122 Å². The lowest BCUT2D eigenvalue weighted by Crippen LogP contribution is -2.49. The van der Waals surface area contributed by atoms with Crippen LogP contribution in [0.3, 0.4) is 0 Å². The summed E-state index contributed by atoms with van der Waals surface area (Å²) in [4.78, 5) is 44.3. The number of pyridine rings is 2. The van der Waals surface area contributed by atoms with Gasteiger partial charge in [0.25, 0.3) is 5.56 Å². The first-order valence-electron chi connectivity index (χ1n) is 10.5. The number of carbonyl (C=O) groups is 2. The van der Waals surface area contributed by atoms with E-state index in [2.05, 4.69) is 15.6 Å². The summed E-state index contributed by atoms with van der Waals surface area (Å²) >= 11 is 0. The van der Waals surface area contributed by atoms with Gasteiger partial charge in [-0.3, -0.25) is 14.4 Å². The predicted molar refractivity (Wildman–Crippen MR) is 119 cm³/mol. The third-order valence-electron chi connectivity index (χ3n) is 6.13. The Bertz CT molecular complexity index is 1110. The van der Waals surface area contributed by atoms with Crippen LogP contribution in [0.5, 0.6) is 0 Å². The Balaban J connectivity index is 1.50. The molecule has 2 aromatic rings. The van der Waals surface area contributed by atoms with Crippen LogP contribution in [0.1, 0.15) is 36.2 Å². The van der Waals surface area contributed by atoms with Crippen molar-refractivity contribution >= 4 is 29.0 Å². The van der Waals surface area contributed by atoms with Crippen molar-refractivity contribution in [1.29, 1.82) is 0 Å². The molecule has 2 aliphatic rings. The summed E-state index contributed by atoms with van der Waals surface area (Å²) in [5.41, 5.74) is 8.48. The quantitative estimate of drug-likeness (QED) is 0.643. The Morgan fingerprint density at radius 2 is 2.03 bits per heavy atom. The zero-order valence-corrected chi connectivity index (χ0v) is 18.1. The lowest BCUT2D eigenvalue weighted by Gasteiger charge is -2.35. The molecule has 0 aromatic carbocycles. The van der Waals surface area contributed by atoms with E-state index in [0.717, 1.165) is 30.5 Å². The van der Waals surface area contributed by atoms with Gasteiger partial charge in [-0.2, -0.15) is 0 Å². The number of hydrogen-bond donors (Lipinski definition) is 3. The molecular weight excluding hydrogens is 396 g/mol. The van der Waals surface area contributed by atoms with Crippen LogP contribution in [0.4, 0.5) is 17.2 Å². The van der Waals surface area contributed by atoms with Crippen LogP contribution in [0.15, 0.2) is 23.0 Å². The molecule has 164 valence electrons. The van der Waals surface area contributed by atoms with E-state index in [1.54, 1.807) is 13.0 Å². The molecule has 1 atom stereocenters. The number of anilines is 3. The van der Waals surface area contributed by atoms with Crippen LogP contribution in [-0.2, 0) is 22.7 Å². The number of rotatable bonds is 6. The highest BCUT2D eigenvalue weighted by Crippen LogP contribution is 2.38. The second-order valence-corrected chi connectivity index (χ2v) is 8.49. The maximum absolute atomic E-state index is 13.1. The van der Waals surface area contributed by atoms with E-state index in [4.69, 9.17) is 5.73 Å². The van der Waals surface area contributed by atoms with E-state index in [1.807, 2.05) is 31.0 Å². The number of nitrogens with two attached hydrogens (primary N) is 1. The monoisotopic (exact) mass is 424 g/mol. The van der Waals surface area contributed by atoms with E-state index in [9.17, 15) is 14.4 Å². The number of aromatic nitrogens is 2. The maximum Gasteiger partial charge on any atom is 0.277 e. The van der Waals surface area contributed by atoms with Gasteiger partial charge in [0.15, 0.2) is 0 Å². The lowest BCUT2D eigenvalue weighted by atomic mass is 10.0. The van der Waals surface area contributed by atoms with Crippen LogP contribution in [-0.4, -0.2) is 34.5 Å². The summed E-state index contributed by atoms with van der Waals surface area (Å²) in [6, 6.07) is 5.09. The lowest BCUT2D eigenvalue weighted by molar-refractivity contribution is -0.122. The SMILES string of the molecule is Cc1nc(N)ccc1CNC(=O)Cn1c(C)cc2c(c1=O)NC(=O)[C@H](CC1CC1)N2C. The van der Waals surface area contributed by atoms with Crippen LogP contribution in [0, 0.1) is 19.8 Å². The van der Waals surface area contributed by atoms with E-state index < -0.39 is 0 Å². The molecule has 0 bridgehead atoms. The number of likely N-dealkylation sites (N-methyl/N-ethyl adjacent to an activating group) is 1. The number of nitrogen functional groups attached to an aromatic ring is 1. The number of nitrogens with one attached hydrogen (secondary N) is 2. The van der Waals surface area contributed by atoms with Gasteiger partial charge in [-0.25, -0.2) is 4.98 Å². The third-order valence-corrected chi connectivity index (χ3v) is 6.13. The van der Waals surface area contributed by atoms with Gasteiger partial charge in [0.1, 0.15) is 24.1 Å². The molecule has 0 unspecified atom stereocenters. The van der Waals surface area contributed by atoms with Gasteiger partial charge in [-0.15, -0.1) is 0 Å². The molecule has 2 amide bonds. The van der Waals surface area contributed by atoms with E-state index in [0.29, 0.717) is 29.7 Å². The Morgan fingerprint density at radius 1 is 1.29 bits per heavy atom. The van der Waals surface area contributed by atoms with Gasteiger partial charge in [0, 0.05) is 25.0 Å². The fraction of sp³-hybridized carbons (Fsp3) is 0.455. The van der Waals surface area contributed by atoms with Crippen molar-refractivity contribution in [2.45, 2.75) is 52.2 Å². The number of fused-ring (bicyclic) bond motifs is 1. The molecule has 1 aliphatic carbocycles. The molecule has 0 spiro atoms. The summed E-state index contributed by atoms with van der Waals surface area (Å²) in [5.74, 6) is 0.550. The minimum absolute atomic E-state index is 0.134. The van der Waals surface area contributed by atoms with E-state index >= 15 is 0 Å². The highest BCUT2D eigenvalue weighted by molar-refractivity contribution is 6.03. The van der Waals surface area contributed by atoms with Gasteiger partial charge in [-0.05, 0) is 43.9 Å². The van der Waals surface area contributed by atoms with Gasteiger partial charge in [-0.1, -0.05) is 18.9 Å². The minimum atomic E-state index is -0.374. The zero-order chi connectivity index (χ0) is 22.3. The normalized spacial score (nSPS) is 17.8. The second kappa shape index (κ2) is 8.05. The molecule has 1 saturated carbocycles. The highest BCUT2D eigenvalue weighted by atomic mass is 16.2. The van der Waals surface area contributed by atoms with Gasteiger partial charge in [0.2, 0.25) is 11.8 Å². The molecule has 4 N–H and O–H groups in total. The molecule has 0 radical (unpaired) electrons. The molecule has 1 aliphatic heterocycles. The van der Waals surface area contributed by atoms with Crippen molar-refractivity contribution in [3.63, 3.8) is 0 Å². The number of aryl methyl sites for hydroxylation is 2. The Morgan fingerprint density at radius 3 is 2.71 bits per heavy atom. The molecule has 9 heteroatoms. The van der Waals surface area contributed by atoms with Crippen molar-refractivity contribution in [3.05, 3.63) is 45.5 Å². The van der Waals surface area contributed by atoms with Gasteiger partial charge >= 0.3 is 0 Å². The number of nitrogens with zero attached hydrogens (tertiary/aromatic N) is 3. The second-order valence-electron chi connectivity index (χ2n) is 8.49. The molecular formula is C22H28N6O3. The fourth-order valence-corrected chi connectivity index (χ4v) is 4.02. The molecule has 1 fully saturated rings. The first-order valence-corrected chi connectivity index (χ1v) is 10.5. The van der Waals surface area contributed by atoms with Gasteiger partial charge < -0.3 is 25.8 Å². The third kappa shape index (κ3) is 4.26. The summed E-state index contributed by atoms with van der Waals surface area (Å²) in [5, 5.41) is 5.61. The maximum atomic E-state index is 13.1. The summed E-state index contributed by atoms with van der Waals surface area (Å²) in [6.45, 7) is 3.78. The van der Waals surface area contributed by atoms with Crippen molar-refractivity contribution in [2.24, 2.45) is 5.92 Å². The van der Waals surface area contributed by atoms with Crippen LogP contribution >= 0.6 is 0 Å². The number of amides is 2. The van der Waals surface area contributed by atoms with E-state index in [-0.39, 0.29) is 35.6 Å². The average Bonchev–Trinajstić information content (AvgIpc) is 3.53. The molecule has 2 aromatic heterocycles. The highest BCUT2D eigenvalue weighted by Gasteiger charge is 2.37. The summed E-state index contributed by atoms with van der Waals surface area (Å²) in [7, 11) is 1.85. The summed E-state index contributed by atoms with van der Waals surface area (Å²) in [6.07, 6.45) is 3.12. The Hall–Kier alpha value is -3.36. The van der Waals surface area contributed by atoms with Crippen LogP contribution in [0.25, 0.3) is 0 Å². The predicted octanol–water partition coefficient (Wildman–Crippen LogP) is 1.32. The smallest absolute Gasteiger partial charge is 0.277 e. The van der Waals surface area contributed by atoms with E-state index in [1.165, 1.54) is 4.57 Å². The number of hydrogen-bond acceptors (Lipinski definition) is 6. The standard InChI is InChI=1S/C22H28N6O3/c1-12-8-16-20(26-21(30)17(27(16)3)9-14-4-5-14)22(31)28(12)11-19(29)24-10-15-6-7-18(23)25-13(15)2/h6-8,14,17H,4-5,9-11H2,1-3H3,(H2,23,25)(H,24,29)(H,26,30)/t17-/m0/s1. The van der Waals surface area contributed by atoms with Crippen molar-refractivity contribution in [3.8, 4) is 0 Å².